The molecule has 4 rings (SSSR count). The summed E-state index contributed by atoms with van der Waals surface area (Å²) in [7, 11) is 3.33. The smallest absolute Gasteiger partial charge is 0.225 e. The van der Waals surface area contributed by atoms with Crippen molar-refractivity contribution in [3.05, 3.63) is 35.0 Å². The van der Waals surface area contributed by atoms with Crippen LogP contribution in [0.5, 0.6) is 11.5 Å². The Bertz CT molecular complexity index is 854. The van der Waals surface area contributed by atoms with Crippen LogP contribution in [0.25, 0.3) is 0 Å². The Morgan fingerprint density at radius 2 is 1.86 bits per heavy atom. The predicted octanol–water partition coefficient (Wildman–Crippen LogP) is 2.73. The average molecular weight is 384 g/mol. The number of ether oxygens (including phenoxy) is 2. The molecule has 2 aromatic rings. The second kappa shape index (κ2) is 7.83. The lowest BCUT2D eigenvalue weighted by Crippen LogP contribution is -2.32. The van der Waals surface area contributed by atoms with Gasteiger partial charge in [0.25, 0.3) is 0 Å². The second-order valence-corrected chi connectivity index (χ2v) is 7.62. The van der Waals surface area contributed by atoms with E-state index in [2.05, 4.69) is 33.4 Å². The molecule has 2 heterocycles. The molecule has 0 radical (unpaired) electrons. The summed E-state index contributed by atoms with van der Waals surface area (Å²) < 4.78 is 10.9. The molecule has 1 atom stereocenters. The van der Waals surface area contributed by atoms with Crippen LogP contribution in [0.15, 0.2) is 18.2 Å². The summed E-state index contributed by atoms with van der Waals surface area (Å²) in [4.78, 5) is 11.7. The molecule has 150 valence electrons. The number of aliphatic hydroxyl groups is 1. The number of aromatic nitrogens is 2. The van der Waals surface area contributed by atoms with Crippen molar-refractivity contribution in [2.45, 2.75) is 44.7 Å². The van der Waals surface area contributed by atoms with Gasteiger partial charge in [0.1, 0.15) is 5.82 Å². The fourth-order valence-corrected chi connectivity index (χ4v) is 3.61. The van der Waals surface area contributed by atoms with E-state index in [0.717, 1.165) is 42.5 Å². The molecule has 1 aliphatic carbocycles. The lowest BCUT2D eigenvalue weighted by Gasteiger charge is -2.31. The van der Waals surface area contributed by atoms with Gasteiger partial charge in [0.2, 0.25) is 5.95 Å². The summed E-state index contributed by atoms with van der Waals surface area (Å²) in [6, 6.07) is 6.19. The monoisotopic (exact) mass is 384 g/mol. The number of aliphatic hydroxyl groups excluding tert-OH is 1. The van der Waals surface area contributed by atoms with Gasteiger partial charge in [0.05, 0.1) is 26.5 Å². The quantitative estimate of drug-likeness (QED) is 0.760. The Labute approximate surface area is 165 Å². The van der Waals surface area contributed by atoms with Gasteiger partial charge in [-0.25, -0.2) is 4.98 Å². The molecule has 0 unspecified atom stereocenters. The maximum Gasteiger partial charge on any atom is 0.225 e. The van der Waals surface area contributed by atoms with Crippen molar-refractivity contribution < 1.29 is 14.6 Å². The van der Waals surface area contributed by atoms with Gasteiger partial charge in [-0.2, -0.15) is 4.98 Å². The minimum absolute atomic E-state index is 0.0467. The summed E-state index contributed by atoms with van der Waals surface area (Å²) in [6.07, 6.45) is 3.30. The highest BCUT2D eigenvalue weighted by Gasteiger charge is 2.28. The first kappa shape index (κ1) is 18.8. The Morgan fingerprint density at radius 1 is 1.14 bits per heavy atom. The van der Waals surface area contributed by atoms with E-state index in [1.54, 1.807) is 14.2 Å². The molecular formula is C21H28N4O3. The van der Waals surface area contributed by atoms with E-state index in [-0.39, 0.29) is 12.6 Å². The second-order valence-electron chi connectivity index (χ2n) is 7.62. The fraction of sp³-hybridized carbons (Fsp3) is 0.524. The molecule has 2 aliphatic rings. The van der Waals surface area contributed by atoms with Gasteiger partial charge in [-0.15, -0.1) is 0 Å². The lowest BCUT2D eigenvalue weighted by molar-refractivity contribution is 0.281. The van der Waals surface area contributed by atoms with Crippen LogP contribution in [0.2, 0.25) is 0 Å². The number of fused-ring (bicyclic) bond motifs is 1. The Morgan fingerprint density at radius 3 is 2.50 bits per heavy atom. The molecule has 28 heavy (non-hydrogen) atoms. The van der Waals surface area contributed by atoms with Crippen LogP contribution in [-0.4, -0.2) is 48.5 Å². The minimum atomic E-state index is -0.0823. The van der Waals surface area contributed by atoms with Gasteiger partial charge in [-0.1, -0.05) is 0 Å². The SMILES string of the molecule is COc1cc2c(cc1OC)CN(c1cc(C3CC3)nc(N[C@@H](C)CO)n1)CC2. The molecule has 1 saturated carbocycles. The number of benzene rings is 1. The normalized spacial score (nSPS) is 17.1. The van der Waals surface area contributed by atoms with E-state index in [4.69, 9.17) is 14.5 Å². The molecule has 1 fully saturated rings. The molecular weight excluding hydrogens is 356 g/mol. The van der Waals surface area contributed by atoms with Crippen molar-refractivity contribution in [3.8, 4) is 11.5 Å². The fourth-order valence-electron chi connectivity index (χ4n) is 3.61. The van der Waals surface area contributed by atoms with Crippen molar-refractivity contribution in [3.63, 3.8) is 0 Å². The number of nitrogens with zero attached hydrogens (tertiary/aromatic N) is 3. The van der Waals surface area contributed by atoms with Crippen molar-refractivity contribution in [2.75, 3.05) is 37.6 Å². The third kappa shape index (κ3) is 3.85. The van der Waals surface area contributed by atoms with Crippen LogP contribution >= 0.6 is 0 Å². The molecule has 2 N–H and O–H groups in total. The van der Waals surface area contributed by atoms with E-state index in [1.807, 2.05) is 6.92 Å². The van der Waals surface area contributed by atoms with Gasteiger partial charge in [0, 0.05) is 31.1 Å². The summed E-state index contributed by atoms with van der Waals surface area (Å²) in [5, 5.41) is 12.6. The van der Waals surface area contributed by atoms with E-state index in [0.29, 0.717) is 11.9 Å². The molecule has 1 aromatic heterocycles. The molecule has 1 aromatic carbocycles. The first-order valence-corrected chi connectivity index (χ1v) is 9.86. The Balaban J connectivity index is 1.62. The zero-order chi connectivity index (χ0) is 19.7. The highest BCUT2D eigenvalue weighted by atomic mass is 16.5. The van der Waals surface area contributed by atoms with Crippen LogP contribution in [-0.2, 0) is 13.0 Å². The third-order valence-corrected chi connectivity index (χ3v) is 5.42. The number of rotatable bonds is 7. The number of anilines is 2. The maximum atomic E-state index is 9.36. The lowest BCUT2D eigenvalue weighted by atomic mass is 9.98. The van der Waals surface area contributed by atoms with Crippen LogP contribution < -0.4 is 19.7 Å². The summed E-state index contributed by atoms with van der Waals surface area (Å²) in [5.41, 5.74) is 3.61. The third-order valence-electron chi connectivity index (χ3n) is 5.42. The first-order chi connectivity index (χ1) is 13.6. The van der Waals surface area contributed by atoms with Crippen molar-refractivity contribution in [1.29, 1.82) is 0 Å². The maximum absolute atomic E-state index is 9.36. The topological polar surface area (TPSA) is 79.7 Å². The van der Waals surface area contributed by atoms with Crippen molar-refractivity contribution >= 4 is 11.8 Å². The van der Waals surface area contributed by atoms with E-state index < -0.39 is 0 Å². The molecule has 0 bridgehead atoms. The molecule has 0 spiro atoms. The Kier molecular flexibility index (Phi) is 5.26. The van der Waals surface area contributed by atoms with Crippen LogP contribution in [0, 0.1) is 0 Å². The average Bonchev–Trinajstić information content (AvgIpc) is 3.57. The highest BCUT2D eigenvalue weighted by molar-refractivity contribution is 5.53. The summed E-state index contributed by atoms with van der Waals surface area (Å²) >= 11 is 0. The first-order valence-electron chi connectivity index (χ1n) is 9.86. The summed E-state index contributed by atoms with van der Waals surface area (Å²) in [6.45, 7) is 3.62. The van der Waals surface area contributed by atoms with Gasteiger partial charge >= 0.3 is 0 Å². The standard InChI is InChI=1S/C21H28N4O3/c1-13(12-26)22-21-23-17(14-4-5-14)10-20(24-21)25-7-6-15-8-18(27-2)19(28-3)9-16(15)11-25/h8-10,13-14,26H,4-7,11-12H2,1-3H3,(H,22,23,24)/t13-/m0/s1. The molecule has 1 aliphatic heterocycles. The van der Waals surface area contributed by atoms with Crippen molar-refractivity contribution in [2.24, 2.45) is 0 Å². The van der Waals surface area contributed by atoms with Gasteiger partial charge in [-0.05, 0) is 49.4 Å². The van der Waals surface area contributed by atoms with E-state index >= 15 is 0 Å². The van der Waals surface area contributed by atoms with Gasteiger partial charge < -0.3 is 24.8 Å². The zero-order valence-corrected chi connectivity index (χ0v) is 16.7. The van der Waals surface area contributed by atoms with Crippen LogP contribution in [0.1, 0.15) is 42.5 Å². The number of nitrogens with one attached hydrogen (secondary N) is 1. The van der Waals surface area contributed by atoms with Crippen molar-refractivity contribution in [1.82, 2.24) is 9.97 Å². The van der Waals surface area contributed by atoms with E-state index in [9.17, 15) is 5.11 Å². The number of hydrogen-bond acceptors (Lipinski definition) is 7. The predicted molar refractivity (Wildman–Crippen MR) is 108 cm³/mol. The number of methoxy groups -OCH3 is 2. The van der Waals surface area contributed by atoms with Gasteiger partial charge in [0.15, 0.2) is 11.5 Å². The molecule has 7 nitrogen and oxygen atoms in total. The largest absolute Gasteiger partial charge is 0.493 e. The van der Waals surface area contributed by atoms with Gasteiger partial charge in [-0.3, -0.25) is 0 Å². The van der Waals surface area contributed by atoms with E-state index in [1.165, 1.54) is 24.0 Å². The molecule has 0 amide bonds. The molecule has 0 saturated heterocycles. The zero-order valence-electron chi connectivity index (χ0n) is 16.7. The highest BCUT2D eigenvalue weighted by Crippen LogP contribution is 2.41. The van der Waals surface area contributed by atoms with Crippen LogP contribution in [0.3, 0.4) is 0 Å². The Hall–Kier alpha value is -2.54. The van der Waals surface area contributed by atoms with Crippen LogP contribution in [0.4, 0.5) is 11.8 Å². The number of hydrogen-bond donors (Lipinski definition) is 2. The minimum Gasteiger partial charge on any atom is -0.493 e. The summed E-state index contributed by atoms with van der Waals surface area (Å²) in [5.74, 6) is 3.60. The molecule has 7 heteroatoms.